The van der Waals surface area contributed by atoms with Crippen LogP contribution in [0, 0.1) is 12.8 Å². The van der Waals surface area contributed by atoms with E-state index < -0.39 is 0 Å². The summed E-state index contributed by atoms with van der Waals surface area (Å²) in [6, 6.07) is 49.4. The van der Waals surface area contributed by atoms with Gasteiger partial charge in [0.25, 0.3) is 0 Å². The van der Waals surface area contributed by atoms with Gasteiger partial charge in [0, 0.05) is 0 Å². The van der Waals surface area contributed by atoms with Crippen molar-refractivity contribution in [2.45, 2.75) is 109 Å². The van der Waals surface area contributed by atoms with E-state index in [9.17, 15) is 0 Å². The Morgan fingerprint density at radius 1 is 0.545 bits per heavy atom. The first kappa shape index (κ1) is 57.3. The first-order chi connectivity index (χ1) is 32.6. The number of terminal acetylenes is 1. The molecule has 0 bridgehead atoms. The van der Waals surface area contributed by atoms with Gasteiger partial charge in [-0.25, -0.2) is 0 Å². The molecule has 7 aromatic carbocycles. The van der Waals surface area contributed by atoms with Crippen LogP contribution in [0.4, 0.5) is 0 Å². The topological polar surface area (TPSA) is 0 Å². The fourth-order valence-electron chi connectivity index (χ4n) is 7.79. The highest BCUT2D eigenvalue weighted by atomic mass is 14.2. The molecule has 344 valence electrons. The number of hydrogen-bond acceptors (Lipinski definition) is 0. The van der Waals surface area contributed by atoms with E-state index in [1.165, 1.54) is 87.6 Å². The molecule has 0 atom stereocenters. The second-order valence-corrected chi connectivity index (χ2v) is 13.9. The number of rotatable bonds is 8. The van der Waals surface area contributed by atoms with E-state index in [1.54, 1.807) is 6.08 Å². The molecule has 0 saturated heterocycles. The van der Waals surface area contributed by atoms with Crippen LogP contribution in [-0.2, 0) is 6.42 Å². The lowest BCUT2D eigenvalue weighted by Gasteiger charge is -2.17. The normalized spacial score (nSPS) is 10.7. The third kappa shape index (κ3) is 14.4. The van der Waals surface area contributed by atoms with Crippen LogP contribution >= 0.6 is 0 Å². The summed E-state index contributed by atoms with van der Waals surface area (Å²) < 4.78 is 0. The fraction of sp³-hybridized carbons (Fsp3) is 0.242. The highest BCUT2D eigenvalue weighted by Gasteiger charge is 2.15. The number of fused-ring (bicyclic) bond motifs is 4. The molecule has 0 nitrogen and oxygen atoms in total. The summed E-state index contributed by atoms with van der Waals surface area (Å²) in [4.78, 5) is 0. The van der Waals surface area contributed by atoms with Crippen molar-refractivity contribution >= 4 is 45.3 Å². The monoisotopic (exact) mass is 873 g/mol. The third-order valence-corrected chi connectivity index (χ3v) is 10.3. The molecule has 0 heteroatoms. The van der Waals surface area contributed by atoms with Gasteiger partial charge in [-0.1, -0.05) is 259 Å². The molecule has 66 heavy (non-hydrogen) atoms. The Bertz CT molecular complexity index is 2700. The van der Waals surface area contributed by atoms with Crippen molar-refractivity contribution < 1.29 is 0 Å². The summed E-state index contributed by atoms with van der Waals surface area (Å²) in [5.74, 6) is 0. The summed E-state index contributed by atoms with van der Waals surface area (Å²) in [6.45, 7) is 33.6. The Kier molecular flexibility index (Phi) is 28.6. The van der Waals surface area contributed by atoms with E-state index in [-0.39, 0.29) is 0 Å². The summed E-state index contributed by atoms with van der Waals surface area (Å²) in [5, 5.41) is 7.93. The van der Waals surface area contributed by atoms with Crippen molar-refractivity contribution in [2.24, 2.45) is 0 Å². The fourth-order valence-corrected chi connectivity index (χ4v) is 7.79. The van der Waals surface area contributed by atoms with Crippen molar-refractivity contribution in [1.29, 1.82) is 0 Å². The minimum atomic E-state index is 0.925. The van der Waals surface area contributed by atoms with Crippen LogP contribution in [0.5, 0.6) is 0 Å². The largest absolute Gasteiger partial charge is 0.124 e. The summed E-state index contributed by atoms with van der Waals surface area (Å²) >= 11 is 0. The average Bonchev–Trinajstić information content (AvgIpc) is 3.41. The third-order valence-electron chi connectivity index (χ3n) is 10.3. The molecule has 0 spiro atoms. The lowest BCUT2D eigenvalue weighted by molar-refractivity contribution is 0.992. The maximum atomic E-state index is 4.00. The van der Waals surface area contributed by atoms with Crippen molar-refractivity contribution in [3.8, 4) is 46.2 Å². The summed E-state index contributed by atoms with van der Waals surface area (Å²) in [5.41, 5.74) is 13.8. The second kappa shape index (κ2) is 32.9. The standard InChI is InChI=1S/C51H42.C3H6.5C2H6.C2H2/c1-4-7-15-49-47(40-27-25-38(26-28-40)45-17-10-14-37-13-8-9-16-44(37)45)32-30-41-31-33-48-46(18-11-19-50(48)51(41)49)39-23-21-36(22-24-39)43-29-20-35(6-3)42(34-43)12-5-2;1-3-2;6*1-2/h5-6,8-18,20-34H,3-4,7,19H2,1-2H3;3H,1H2,2H3;5*1-2H3;1-2H/b12-5-,49-15-;;;;;;;. The lowest BCUT2D eigenvalue weighted by Crippen LogP contribution is -2.20. The number of hydrogen-bond donors (Lipinski definition) is 0. The van der Waals surface area contributed by atoms with Crippen LogP contribution in [0.25, 0.3) is 78.7 Å². The Balaban J connectivity index is 0.00000132. The minimum absolute atomic E-state index is 0.925. The molecule has 0 aromatic heterocycles. The van der Waals surface area contributed by atoms with E-state index in [2.05, 4.69) is 204 Å². The van der Waals surface area contributed by atoms with Gasteiger partial charge in [0.2, 0.25) is 0 Å². The molecule has 0 saturated carbocycles. The van der Waals surface area contributed by atoms with Crippen molar-refractivity contribution in [3.63, 3.8) is 0 Å². The van der Waals surface area contributed by atoms with Gasteiger partial charge in [0.1, 0.15) is 0 Å². The van der Waals surface area contributed by atoms with Crippen molar-refractivity contribution in [1.82, 2.24) is 0 Å². The zero-order chi connectivity index (χ0) is 49.4. The predicted octanol–water partition coefficient (Wildman–Crippen LogP) is 19.1. The first-order valence-corrected chi connectivity index (χ1v) is 24.5. The van der Waals surface area contributed by atoms with Crippen LogP contribution < -0.4 is 10.4 Å². The molecule has 0 unspecified atom stereocenters. The maximum Gasteiger partial charge on any atom is -0.00669 e. The van der Waals surface area contributed by atoms with Crippen LogP contribution in [-0.4, -0.2) is 0 Å². The first-order valence-electron chi connectivity index (χ1n) is 24.5. The molecule has 1 aliphatic carbocycles. The Hall–Kier alpha value is -6.68. The Labute approximate surface area is 402 Å². The Morgan fingerprint density at radius 2 is 1.09 bits per heavy atom. The highest BCUT2D eigenvalue weighted by molar-refractivity contribution is 5.97. The molecule has 1 aliphatic rings. The van der Waals surface area contributed by atoms with E-state index >= 15 is 0 Å². The molecule has 0 fully saturated rings. The number of benzene rings is 7. The Morgan fingerprint density at radius 3 is 1.70 bits per heavy atom. The molecule has 0 amide bonds. The molecular formula is C66H80. The van der Waals surface area contributed by atoms with E-state index in [4.69, 9.17) is 0 Å². The van der Waals surface area contributed by atoms with Crippen LogP contribution in [0.3, 0.4) is 0 Å². The van der Waals surface area contributed by atoms with Gasteiger partial charge in [0.05, 0.1) is 0 Å². The molecule has 0 heterocycles. The summed E-state index contributed by atoms with van der Waals surface area (Å²) in [7, 11) is 0. The van der Waals surface area contributed by atoms with Crippen molar-refractivity contribution in [2.75, 3.05) is 0 Å². The van der Waals surface area contributed by atoms with Crippen molar-refractivity contribution in [3.05, 3.63) is 204 Å². The van der Waals surface area contributed by atoms with Crippen LogP contribution in [0.15, 0.2) is 171 Å². The smallest absolute Gasteiger partial charge is 0.00669 e. The van der Waals surface area contributed by atoms with Gasteiger partial charge in [0.15, 0.2) is 0 Å². The molecule has 0 radical (unpaired) electrons. The van der Waals surface area contributed by atoms with E-state index in [1.807, 2.05) is 82.2 Å². The van der Waals surface area contributed by atoms with Gasteiger partial charge in [-0.05, 0) is 126 Å². The quantitative estimate of drug-likeness (QED) is 0.105. The van der Waals surface area contributed by atoms with Gasteiger partial charge in [-0.15, -0.1) is 19.4 Å². The van der Waals surface area contributed by atoms with Crippen LogP contribution in [0.1, 0.15) is 125 Å². The second-order valence-electron chi connectivity index (χ2n) is 13.9. The number of unbranched alkanes of at least 4 members (excludes halogenated alkanes) is 1. The maximum absolute atomic E-state index is 4.00. The average molecular weight is 873 g/mol. The molecular weight excluding hydrogens is 793 g/mol. The minimum Gasteiger partial charge on any atom is -0.124 e. The highest BCUT2D eigenvalue weighted by Crippen LogP contribution is 2.32. The van der Waals surface area contributed by atoms with E-state index in [0.717, 1.165) is 24.8 Å². The molecule has 8 rings (SSSR count). The van der Waals surface area contributed by atoms with Gasteiger partial charge in [-0.3, -0.25) is 0 Å². The predicted molar refractivity (Wildman–Crippen MR) is 305 cm³/mol. The van der Waals surface area contributed by atoms with E-state index in [0.29, 0.717) is 0 Å². The molecule has 7 aromatic rings. The lowest BCUT2D eigenvalue weighted by atomic mass is 9.87. The SMILES string of the molecule is C#C.C=CC.C=Cc1ccc(-c2ccc(C3=c4ccc5ccc(-c6ccc(-c7cccc8ccccc78)cc6)/c(=C/CCC)c5c4CC=C3)cc2)cc1/C=C\C.CC.CC.CC.CC.CC. The van der Waals surface area contributed by atoms with Crippen LogP contribution in [0.2, 0.25) is 0 Å². The van der Waals surface area contributed by atoms with Gasteiger partial charge >= 0.3 is 0 Å². The summed E-state index contributed by atoms with van der Waals surface area (Å²) in [6.07, 6.45) is 26.1. The number of allylic oxidation sites excluding steroid dienone is 4. The molecule has 0 aliphatic heterocycles. The van der Waals surface area contributed by atoms with Gasteiger partial charge < -0.3 is 0 Å². The molecule has 0 N–H and O–H groups in total. The van der Waals surface area contributed by atoms with Gasteiger partial charge in [-0.2, -0.15) is 0 Å². The zero-order valence-corrected chi connectivity index (χ0v) is 42.9. The zero-order valence-electron chi connectivity index (χ0n) is 42.9.